The second kappa shape index (κ2) is 36.9. The molecule has 0 spiro atoms. The van der Waals surface area contributed by atoms with Crippen molar-refractivity contribution in [3.05, 3.63) is 245 Å². The first-order chi connectivity index (χ1) is 52.2. The number of carbonyl (C=O) groups is 9. The summed E-state index contributed by atoms with van der Waals surface area (Å²) < 4.78 is 14.1. The average Bonchev–Trinajstić information content (AvgIpc) is 1.56. The van der Waals surface area contributed by atoms with E-state index in [0.29, 0.717) is 75.7 Å². The van der Waals surface area contributed by atoms with Gasteiger partial charge in [-0.15, -0.1) is 0 Å². The monoisotopic (exact) mass is 1440 g/mol. The van der Waals surface area contributed by atoms with E-state index in [1.807, 2.05) is 182 Å². The Labute approximate surface area is 620 Å². The standard InChI is InChI=1S/2C30H28N4O4.C21H19NO3.C2H5BO3/c2*1-31-30(38)20-14-16-22(17-15-20)34-19-25-23-9-3-2-8-21(23)18-33(27(35)12-6-7-13-28(36)37)26-11-5-4-10-24(26)29(25)32-34;23-20(11-5-6-12-21(24)25)22-15-18-9-2-1-7-16(18)13-14-17-8-3-4-10-19(17)22;1-6-3-2(4)5/h2*2-5,8-11,14-17,19H,6-7,12-13,18H2,1H3,(H,31,38)(H,36,37);1-4,7-10H,5-6,11-12,15H2,(H,24,25);3H,1H3,(H,4,5)/i;;;3D. The minimum atomic E-state index is -1.43. The number of amides is 5. The maximum absolute atomic E-state index is 13.5. The number of benzene rings is 8. The van der Waals surface area contributed by atoms with Gasteiger partial charge in [-0.3, -0.25) is 43.2 Å². The number of anilines is 3. The first-order valence-corrected chi connectivity index (χ1v) is 34.9. The summed E-state index contributed by atoms with van der Waals surface area (Å²) in [5.74, 6) is 2.16. The Morgan fingerprint density at radius 3 is 1.12 bits per heavy atom. The number of aliphatic carboxylic acids is 3. The highest BCUT2D eigenvalue weighted by Gasteiger charge is 2.31. The zero-order valence-corrected chi connectivity index (χ0v) is 59.3. The molecule has 0 saturated carbocycles. The zero-order valence-electron chi connectivity index (χ0n) is 60.3. The van der Waals surface area contributed by atoms with Gasteiger partial charge in [0.05, 0.1) is 48.1 Å². The lowest BCUT2D eigenvalue weighted by Crippen LogP contribution is -2.31. The maximum Gasteiger partial charge on any atom is 0.406 e. The molecule has 544 valence electrons. The molecule has 5 heterocycles. The van der Waals surface area contributed by atoms with Gasteiger partial charge in [-0.2, -0.15) is 10.2 Å². The highest BCUT2D eigenvalue weighted by atomic mass is 16.4. The summed E-state index contributed by atoms with van der Waals surface area (Å²) in [5, 5.41) is 49.7. The van der Waals surface area contributed by atoms with Gasteiger partial charge in [0.15, 0.2) is 0 Å². The molecule has 3 aliphatic rings. The van der Waals surface area contributed by atoms with Crippen LogP contribution in [0, 0.1) is 11.8 Å². The molecule has 6 N–H and O–H groups in total. The summed E-state index contributed by atoms with van der Waals surface area (Å²) >= 11 is 0. The van der Waals surface area contributed by atoms with E-state index in [1.54, 1.807) is 62.4 Å². The fourth-order valence-corrected chi connectivity index (χ4v) is 12.6. The maximum atomic E-state index is 13.5. The normalized spacial score (nSPS) is 11.9. The summed E-state index contributed by atoms with van der Waals surface area (Å²) in [6.07, 6.45) is 8.06. The summed E-state index contributed by atoms with van der Waals surface area (Å²) in [4.78, 5) is 111. The van der Waals surface area contributed by atoms with Crippen molar-refractivity contribution in [1.82, 2.24) is 30.2 Å². The smallest absolute Gasteiger partial charge is 0.406 e. The molecule has 0 fully saturated rings. The molecule has 10 aromatic rings. The van der Waals surface area contributed by atoms with Crippen molar-refractivity contribution in [2.45, 2.75) is 96.7 Å². The number of nitrogens with one attached hydrogen (secondary N) is 2. The lowest BCUT2D eigenvalue weighted by molar-refractivity contribution is -0.138. The number of carbonyl (C=O) groups excluding carboxylic acids is 5. The van der Waals surface area contributed by atoms with Crippen LogP contribution in [0.2, 0.25) is 0 Å². The Balaban J connectivity index is 0.000000169. The summed E-state index contributed by atoms with van der Waals surface area (Å²) in [5.41, 5.74) is 17.0. The molecule has 0 unspecified atom stereocenters. The lowest BCUT2D eigenvalue weighted by atomic mass is 9.93. The Kier molecular flexibility index (Phi) is 25.9. The number of hydrogen-bond donors (Lipinski definition) is 6. The Morgan fingerprint density at radius 2 is 0.738 bits per heavy atom. The van der Waals surface area contributed by atoms with Gasteiger partial charge in [0.1, 0.15) is 11.4 Å². The molecule has 0 radical (unpaired) electrons. The van der Waals surface area contributed by atoms with E-state index < -0.39 is 31.2 Å². The van der Waals surface area contributed by atoms with Crippen molar-refractivity contribution in [2.75, 3.05) is 35.9 Å². The van der Waals surface area contributed by atoms with Crippen LogP contribution < -0.4 is 25.3 Å². The molecule has 13 rings (SSSR count). The Bertz CT molecular complexity index is 4800. The van der Waals surface area contributed by atoms with Crippen molar-refractivity contribution in [3.63, 3.8) is 0 Å². The van der Waals surface area contributed by atoms with Crippen LogP contribution in [0.4, 0.5) is 21.9 Å². The average molecular weight is 1440 g/mol. The number of rotatable bonds is 21. The summed E-state index contributed by atoms with van der Waals surface area (Å²) in [7, 11) is 2.94. The summed E-state index contributed by atoms with van der Waals surface area (Å²) in [6.45, 7) is 1.27. The highest BCUT2D eigenvalue weighted by molar-refractivity contribution is 6.66. The van der Waals surface area contributed by atoms with Crippen LogP contribution in [0.1, 0.15) is 126 Å². The SMILES string of the molecule is CNC(=O)c1ccc(-n2cc3c(n2)-c2ccccc2N(C(=O)CCCCC(=O)O)Cc2ccccc2-3)cc1.CNC(=O)c1ccc(-n2cc3c(n2)-c2ccccc2N(C(=O)CCCCC(=O)O)Cc2ccccc2-3)cc1.O=C(O)CCCCC(=O)N1Cc2ccccc2C#Cc2ccccc21.[2H]B(OC)C(=O)O. The predicted octanol–water partition coefficient (Wildman–Crippen LogP) is 13.4. The minimum absolute atomic E-state index is 0.00339. The van der Waals surface area contributed by atoms with Gasteiger partial charge in [0, 0.05) is 118 Å². The molecule has 5 amide bonds. The largest absolute Gasteiger partial charge is 0.487 e. The van der Waals surface area contributed by atoms with E-state index >= 15 is 0 Å². The van der Waals surface area contributed by atoms with Gasteiger partial charge in [-0.25, -0.2) is 9.36 Å². The number of para-hydroxylation sites is 3. The third-order valence-corrected chi connectivity index (χ3v) is 17.9. The van der Waals surface area contributed by atoms with E-state index in [0.717, 1.165) is 101 Å². The molecular formula is C83H80BN9O14. The van der Waals surface area contributed by atoms with Crippen LogP contribution in [0.15, 0.2) is 207 Å². The van der Waals surface area contributed by atoms with Gasteiger partial charge in [-0.1, -0.05) is 127 Å². The van der Waals surface area contributed by atoms with Crippen molar-refractivity contribution in [2.24, 2.45) is 0 Å². The van der Waals surface area contributed by atoms with E-state index in [-0.39, 0.29) is 61.6 Å². The van der Waals surface area contributed by atoms with Gasteiger partial charge in [0.2, 0.25) is 17.7 Å². The van der Waals surface area contributed by atoms with Crippen LogP contribution in [-0.4, -0.2) is 123 Å². The van der Waals surface area contributed by atoms with E-state index in [4.69, 9.17) is 32.0 Å². The van der Waals surface area contributed by atoms with Crippen molar-refractivity contribution in [1.29, 1.82) is 1.34 Å². The second-order valence-corrected chi connectivity index (χ2v) is 25.1. The fourth-order valence-electron chi connectivity index (χ4n) is 12.6. The van der Waals surface area contributed by atoms with Gasteiger partial charge < -0.3 is 50.4 Å². The molecule has 0 saturated heterocycles. The number of unbranched alkanes of at least 4 members (excludes halogenated alkanes) is 3. The first kappa shape index (κ1) is 75.2. The van der Waals surface area contributed by atoms with Crippen LogP contribution >= 0.6 is 0 Å². The molecule has 0 aliphatic carbocycles. The van der Waals surface area contributed by atoms with Gasteiger partial charge >= 0.3 is 25.4 Å². The number of fused-ring (bicyclic) bond motifs is 12. The molecule has 8 aromatic carbocycles. The molecule has 24 heteroatoms. The van der Waals surface area contributed by atoms with Crippen LogP contribution in [-0.2, 0) is 53.1 Å². The van der Waals surface area contributed by atoms with E-state index in [9.17, 15) is 43.2 Å². The number of carboxylic acids is 3. The Morgan fingerprint density at radius 1 is 0.411 bits per heavy atom. The van der Waals surface area contributed by atoms with Crippen LogP contribution in [0.5, 0.6) is 0 Å². The molecule has 107 heavy (non-hydrogen) atoms. The van der Waals surface area contributed by atoms with Crippen LogP contribution in [0.3, 0.4) is 0 Å². The number of carboxylic acid groups (broad SMARTS) is 4. The van der Waals surface area contributed by atoms with Gasteiger partial charge in [0.25, 0.3) is 17.7 Å². The van der Waals surface area contributed by atoms with Crippen molar-refractivity contribution in [3.8, 4) is 68.0 Å². The van der Waals surface area contributed by atoms with E-state index in [2.05, 4.69) is 27.1 Å². The first-order valence-electron chi connectivity index (χ1n) is 35.5. The molecule has 0 bridgehead atoms. The molecule has 0 atom stereocenters. The third-order valence-electron chi connectivity index (χ3n) is 17.9. The molecule has 2 aromatic heterocycles. The molecule has 23 nitrogen and oxygen atoms in total. The topological polar surface area (TPSA) is 313 Å². The minimum Gasteiger partial charge on any atom is -0.487 e. The van der Waals surface area contributed by atoms with E-state index in [1.165, 1.54) is 7.11 Å². The molecule has 3 aliphatic heterocycles. The predicted molar refractivity (Wildman–Crippen MR) is 409 cm³/mol. The lowest BCUT2D eigenvalue weighted by Gasteiger charge is -2.28. The quantitative estimate of drug-likeness (QED) is 0.0221. The van der Waals surface area contributed by atoms with Crippen molar-refractivity contribution < 1.29 is 68.2 Å². The van der Waals surface area contributed by atoms with Crippen molar-refractivity contribution >= 4 is 77.8 Å². The number of nitrogens with zero attached hydrogens (tertiary/aromatic N) is 7. The zero-order chi connectivity index (χ0) is 76.8. The van der Waals surface area contributed by atoms with Gasteiger partial charge in [-0.05, 0) is 145 Å². The third kappa shape index (κ3) is 19.6. The molecular weight excluding hydrogens is 1360 g/mol. The second-order valence-electron chi connectivity index (χ2n) is 25.1. The van der Waals surface area contributed by atoms with Crippen LogP contribution in [0.25, 0.3) is 56.1 Å². The highest BCUT2D eigenvalue weighted by Crippen LogP contribution is 2.44. The number of hydrogen-bond acceptors (Lipinski definition) is 12. The summed E-state index contributed by atoms with van der Waals surface area (Å²) in [6, 6.07) is 61.5. The fraction of sp³-hybridized carbons (Fsp3) is 0.217. The Hall–Kier alpha value is -13.0. The number of aromatic nitrogens is 4.